The third-order valence-corrected chi connectivity index (χ3v) is 5.48. The van der Waals surface area contributed by atoms with E-state index < -0.39 is 6.36 Å². The second-order valence-corrected chi connectivity index (χ2v) is 7.84. The van der Waals surface area contributed by atoms with Crippen molar-refractivity contribution in [1.29, 1.82) is 0 Å². The summed E-state index contributed by atoms with van der Waals surface area (Å²) in [5.74, 6) is -0.476. The van der Waals surface area contributed by atoms with Gasteiger partial charge in [-0.1, -0.05) is 42.5 Å². The molecule has 4 rings (SSSR count). The van der Waals surface area contributed by atoms with Gasteiger partial charge in [-0.25, -0.2) is 0 Å². The molecule has 0 N–H and O–H groups in total. The molecule has 8 heteroatoms. The Bertz CT molecular complexity index is 1110. The van der Waals surface area contributed by atoms with E-state index in [9.17, 15) is 22.8 Å². The Kier molecular flexibility index (Phi) is 6.86. The van der Waals surface area contributed by atoms with Gasteiger partial charge in [-0.3, -0.25) is 14.5 Å². The number of hydrogen-bond donors (Lipinski definition) is 0. The lowest BCUT2D eigenvalue weighted by atomic mass is 10.0. The normalized spacial score (nSPS) is 14.1. The fourth-order valence-corrected chi connectivity index (χ4v) is 3.89. The summed E-state index contributed by atoms with van der Waals surface area (Å²) in [5.41, 5.74) is 1.77. The van der Waals surface area contributed by atoms with Crippen LogP contribution in [0.15, 0.2) is 78.9 Å². The zero-order valence-electron chi connectivity index (χ0n) is 18.1. The molecule has 0 radical (unpaired) electrons. The number of rotatable bonds is 9. The van der Waals surface area contributed by atoms with Crippen molar-refractivity contribution in [2.24, 2.45) is 0 Å². The smallest absolute Gasteiger partial charge is 0.486 e. The third kappa shape index (κ3) is 5.57. The standard InChI is InChI=1S/C26H22F3NO4/c27-26(28,29)34-20-15-13-19(14-16-20)33-23(18-8-2-1-3-9-18)12-6-7-17-30-24(31)21-10-4-5-11-22(21)25(30)32/h1-5,8-11,13-16,23H,6-7,12,17H2/t23-/m1/s1. The van der Waals surface area contributed by atoms with Crippen molar-refractivity contribution in [3.8, 4) is 11.5 Å². The topological polar surface area (TPSA) is 55.8 Å². The number of hydrogen-bond acceptors (Lipinski definition) is 4. The number of halogens is 3. The van der Waals surface area contributed by atoms with E-state index in [1.165, 1.54) is 29.2 Å². The number of ether oxygens (including phenoxy) is 2. The van der Waals surface area contributed by atoms with Crippen molar-refractivity contribution < 1.29 is 32.2 Å². The summed E-state index contributed by atoms with van der Waals surface area (Å²) in [6.45, 7) is 0.303. The van der Waals surface area contributed by atoms with Gasteiger partial charge in [0.1, 0.15) is 17.6 Å². The lowest BCUT2D eigenvalue weighted by Crippen LogP contribution is -2.30. The first-order chi connectivity index (χ1) is 16.3. The molecule has 0 bridgehead atoms. The van der Waals surface area contributed by atoms with Crippen LogP contribution in [0.25, 0.3) is 0 Å². The Morgan fingerprint density at radius 1 is 0.735 bits per heavy atom. The van der Waals surface area contributed by atoms with Gasteiger partial charge in [-0.2, -0.15) is 0 Å². The summed E-state index contributed by atoms with van der Waals surface area (Å²) < 4.78 is 47.1. The molecule has 0 spiro atoms. The van der Waals surface area contributed by atoms with Crippen LogP contribution in [0.3, 0.4) is 0 Å². The van der Waals surface area contributed by atoms with Gasteiger partial charge < -0.3 is 9.47 Å². The van der Waals surface area contributed by atoms with E-state index in [1.54, 1.807) is 24.3 Å². The zero-order chi connectivity index (χ0) is 24.1. The predicted octanol–water partition coefficient (Wildman–Crippen LogP) is 6.17. The Hall–Kier alpha value is -3.81. The van der Waals surface area contributed by atoms with Crippen molar-refractivity contribution in [2.45, 2.75) is 31.7 Å². The van der Waals surface area contributed by atoms with Crippen LogP contribution in [0.1, 0.15) is 51.6 Å². The molecule has 0 aliphatic carbocycles. The summed E-state index contributed by atoms with van der Waals surface area (Å²) in [5, 5.41) is 0. The molecule has 1 aliphatic rings. The number of alkyl halides is 3. The number of amides is 2. The minimum Gasteiger partial charge on any atom is -0.486 e. The van der Waals surface area contributed by atoms with Gasteiger partial charge in [0.25, 0.3) is 11.8 Å². The van der Waals surface area contributed by atoms with Crippen molar-refractivity contribution in [1.82, 2.24) is 4.90 Å². The largest absolute Gasteiger partial charge is 0.573 e. The molecule has 0 aromatic heterocycles. The van der Waals surface area contributed by atoms with Crippen molar-refractivity contribution in [3.63, 3.8) is 0 Å². The van der Waals surface area contributed by atoms with Crippen LogP contribution in [0, 0.1) is 0 Å². The highest BCUT2D eigenvalue weighted by molar-refractivity contribution is 6.21. The second kappa shape index (κ2) is 9.99. The fraction of sp³-hybridized carbons (Fsp3) is 0.231. The van der Waals surface area contributed by atoms with Gasteiger partial charge in [0.2, 0.25) is 0 Å². The number of imide groups is 1. The third-order valence-electron chi connectivity index (χ3n) is 5.48. The first-order valence-corrected chi connectivity index (χ1v) is 10.8. The highest BCUT2D eigenvalue weighted by Crippen LogP contribution is 2.30. The summed E-state index contributed by atoms with van der Waals surface area (Å²) in [4.78, 5) is 26.3. The summed E-state index contributed by atoms with van der Waals surface area (Å²) in [6.07, 6.45) is -3.25. The molecule has 1 atom stereocenters. The Morgan fingerprint density at radius 3 is 1.88 bits per heavy atom. The molecule has 176 valence electrons. The van der Waals surface area contributed by atoms with E-state index in [1.807, 2.05) is 30.3 Å². The molecule has 1 heterocycles. The fourth-order valence-electron chi connectivity index (χ4n) is 3.89. The molecular formula is C26H22F3NO4. The van der Waals surface area contributed by atoms with Gasteiger partial charge in [0.05, 0.1) is 11.1 Å². The number of nitrogens with zero attached hydrogens (tertiary/aromatic N) is 1. The van der Waals surface area contributed by atoms with E-state index in [0.717, 1.165) is 5.56 Å². The second-order valence-electron chi connectivity index (χ2n) is 7.84. The molecule has 3 aromatic rings. The van der Waals surface area contributed by atoms with Crippen molar-refractivity contribution in [2.75, 3.05) is 6.54 Å². The van der Waals surface area contributed by atoms with Crippen LogP contribution >= 0.6 is 0 Å². The first-order valence-electron chi connectivity index (χ1n) is 10.8. The molecule has 34 heavy (non-hydrogen) atoms. The lowest BCUT2D eigenvalue weighted by molar-refractivity contribution is -0.274. The number of carbonyl (C=O) groups is 2. The Balaban J connectivity index is 1.36. The van der Waals surface area contributed by atoms with Gasteiger partial charge in [0.15, 0.2) is 0 Å². The first kappa shape index (κ1) is 23.4. The number of carbonyl (C=O) groups excluding carboxylic acids is 2. The number of benzene rings is 3. The SMILES string of the molecule is O=C1c2ccccc2C(=O)N1CCCC[C@@H](Oc1ccc(OC(F)(F)F)cc1)c1ccccc1. The van der Waals surface area contributed by atoms with Gasteiger partial charge in [0, 0.05) is 6.54 Å². The van der Waals surface area contributed by atoms with Crippen LogP contribution in [0.4, 0.5) is 13.2 Å². The van der Waals surface area contributed by atoms with Gasteiger partial charge in [-0.15, -0.1) is 13.2 Å². The van der Waals surface area contributed by atoms with Crippen LogP contribution in [0.5, 0.6) is 11.5 Å². The maximum Gasteiger partial charge on any atom is 0.573 e. The van der Waals surface area contributed by atoms with E-state index in [2.05, 4.69) is 4.74 Å². The van der Waals surface area contributed by atoms with Gasteiger partial charge >= 0.3 is 6.36 Å². The number of unbranched alkanes of at least 4 members (excludes halogenated alkanes) is 1. The summed E-state index contributed by atoms with van der Waals surface area (Å²) in [6, 6.07) is 21.5. The molecule has 2 amide bonds. The quantitative estimate of drug-likeness (QED) is 0.278. The minimum absolute atomic E-state index is 0.280. The molecule has 0 fully saturated rings. The van der Waals surface area contributed by atoms with Crippen LogP contribution in [0.2, 0.25) is 0 Å². The average Bonchev–Trinajstić information content (AvgIpc) is 3.06. The Morgan fingerprint density at radius 2 is 1.29 bits per heavy atom. The molecule has 1 aliphatic heterocycles. The van der Waals surface area contributed by atoms with E-state index in [0.29, 0.717) is 42.7 Å². The molecular weight excluding hydrogens is 447 g/mol. The average molecular weight is 469 g/mol. The highest BCUT2D eigenvalue weighted by atomic mass is 19.4. The molecule has 3 aromatic carbocycles. The van der Waals surface area contributed by atoms with E-state index >= 15 is 0 Å². The minimum atomic E-state index is -4.76. The molecule has 0 saturated carbocycles. The number of fused-ring (bicyclic) bond motifs is 1. The maximum absolute atomic E-state index is 12.5. The lowest BCUT2D eigenvalue weighted by Gasteiger charge is -2.21. The molecule has 0 saturated heterocycles. The monoisotopic (exact) mass is 469 g/mol. The summed E-state index contributed by atoms with van der Waals surface area (Å²) in [7, 11) is 0. The van der Waals surface area contributed by atoms with Crippen LogP contribution in [-0.2, 0) is 0 Å². The molecule has 0 unspecified atom stereocenters. The predicted molar refractivity (Wildman–Crippen MR) is 119 cm³/mol. The van der Waals surface area contributed by atoms with Crippen LogP contribution < -0.4 is 9.47 Å². The van der Waals surface area contributed by atoms with E-state index in [4.69, 9.17) is 4.74 Å². The van der Waals surface area contributed by atoms with E-state index in [-0.39, 0.29) is 23.7 Å². The highest BCUT2D eigenvalue weighted by Gasteiger charge is 2.34. The maximum atomic E-state index is 12.5. The van der Waals surface area contributed by atoms with Crippen LogP contribution in [-0.4, -0.2) is 29.6 Å². The van der Waals surface area contributed by atoms with Crippen molar-refractivity contribution in [3.05, 3.63) is 95.6 Å². The summed E-state index contributed by atoms with van der Waals surface area (Å²) >= 11 is 0. The van der Waals surface area contributed by atoms with Gasteiger partial charge in [-0.05, 0) is 61.2 Å². The Labute approximate surface area is 194 Å². The zero-order valence-corrected chi connectivity index (χ0v) is 18.1. The molecule has 5 nitrogen and oxygen atoms in total. The van der Waals surface area contributed by atoms with Crippen molar-refractivity contribution >= 4 is 11.8 Å².